The van der Waals surface area contributed by atoms with Crippen LogP contribution >= 0.6 is 11.3 Å². The van der Waals surface area contributed by atoms with Crippen molar-refractivity contribution < 1.29 is 18.6 Å². The minimum absolute atomic E-state index is 0.0727. The second-order valence-electron chi connectivity index (χ2n) is 7.66. The highest BCUT2D eigenvalue weighted by molar-refractivity contribution is 7.09. The zero-order chi connectivity index (χ0) is 22.1. The van der Waals surface area contributed by atoms with Crippen LogP contribution in [0, 0.1) is 12.7 Å². The number of hydrogen-bond acceptors (Lipinski definition) is 7. The maximum absolute atomic E-state index is 13.6. The Morgan fingerprint density at radius 3 is 2.78 bits per heavy atom. The van der Waals surface area contributed by atoms with Gasteiger partial charge < -0.3 is 19.5 Å². The van der Waals surface area contributed by atoms with E-state index in [1.807, 2.05) is 31.2 Å². The van der Waals surface area contributed by atoms with Crippen molar-refractivity contribution in [1.29, 1.82) is 0 Å². The van der Waals surface area contributed by atoms with Gasteiger partial charge in [-0.05, 0) is 43.7 Å². The number of thiazole rings is 1. The van der Waals surface area contributed by atoms with Gasteiger partial charge in [-0.15, -0.1) is 11.3 Å². The minimum atomic E-state index is -0.292. The van der Waals surface area contributed by atoms with Gasteiger partial charge in [0.25, 0.3) is 0 Å². The molecule has 1 aliphatic rings. The molecule has 32 heavy (non-hydrogen) atoms. The molecule has 0 unspecified atom stereocenters. The summed E-state index contributed by atoms with van der Waals surface area (Å²) in [4.78, 5) is 9.30. The topological polar surface area (TPSA) is 65.5 Å². The Bertz CT molecular complexity index is 1280. The third-order valence-corrected chi connectivity index (χ3v) is 6.08. The van der Waals surface area contributed by atoms with Gasteiger partial charge in [-0.2, -0.15) is 0 Å². The molecule has 0 spiro atoms. The van der Waals surface area contributed by atoms with Crippen molar-refractivity contribution in [2.24, 2.45) is 0 Å². The molecule has 2 aromatic carbocycles. The fourth-order valence-corrected chi connectivity index (χ4v) is 4.27. The summed E-state index contributed by atoms with van der Waals surface area (Å²) >= 11 is 1.63. The van der Waals surface area contributed by atoms with E-state index >= 15 is 0 Å². The van der Waals surface area contributed by atoms with Crippen LogP contribution in [-0.4, -0.2) is 16.8 Å². The predicted octanol–water partition coefficient (Wildman–Crippen LogP) is 5.30. The molecule has 4 aromatic rings. The first-order valence-corrected chi connectivity index (χ1v) is 11.2. The number of benzene rings is 2. The molecule has 8 heteroatoms. The Hall–Kier alpha value is -3.23. The van der Waals surface area contributed by atoms with E-state index < -0.39 is 0 Å². The number of hydrogen-bond donors (Lipinski definition) is 1. The van der Waals surface area contributed by atoms with Crippen LogP contribution in [0.25, 0.3) is 10.9 Å². The minimum Gasteiger partial charge on any atom is -0.473 e. The second kappa shape index (κ2) is 8.72. The van der Waals surface area contributed by atoms with Crippen molar-refractivity contribution in [2.45, 2.75) is 33.0 Å². The molecule has 5 rings (SSSR count). The van der Waals surface area contributed by atoms with E-state index in [0.717, 1.165) is 32.7 Å². The summed E-state index contributed by atoms with van der Waals surface area (Å²) in [5.74, 6) is 1.58. The summed E-state index contributed by atoms with van der Waals surface area (Å²) in [6.45, 7) is 5.03. The van der Waals surface area contributed by atoms with Gasteiger partial charge in [0.15, 0.2) is 11.5 Å². The first-order chi connectivity index (χ1) is 15.5. The van der Waals surface area contributed by atoms with Crippen molar-refractivity contribution in [1.82, 2.24) is 15.3 Å². The number of aryl methyl sites for hydroxylation is 1. The number of nitrogens with one attached hydrogen (secondary N) is 1. The highest BCUT2D eigenvalue weighted by atomic mass is 32.1. The third kappa shape index (κ3) is 4.37. The van der Waals surface area contributed by atoms with Crippen molar-refractivity contribution in [3.63, 3.8) is 0 Å². The molecule has 6 nitrogen and oxygen atoms in total. The van der Waals surface area contributed by atoms with E-state index in [2.05, 4.69) is 22.6 Å². The summed E-state index contributed by atoms with van der Waals surface area (Å²) in [5.41, 5.74) is 3.39. The van der Waals surface area contributed by atoms with Crippen molar-refractivity contribution in [2.75, 3.05) is 6.79 Å². The lowest BCUT2D eigenvalue weighted by atomic mass is 10.1. The predicted molar refractivity (Wildman–Crippen MR) is 121 cm³/mol. The number of halogens is 1. The van der Waals surface area contributed by atoms with Crippen molar-refractivity contribution >= 4 is 22.2 Å². The van der Waals surface area contributed by atoms with Gasteiger partial charge in [0.1, 0.15) is 12.4 Å². The molecule has 0 aliphatic carbocycles. The number of aromatic nitrogens is 2. The monoisotopic (exact) mass is 451 g/mol. The van der Waals surface area contributed by atoms with Gasteiger partial charge in [0.2, 0.25) is 12.7 Å². The number of ether oxygens (including phenoxy) is 3. The van der Waals surface area contributed by atoms with E-state index in [-0.39, 0.29) is 25.3 Å². The quantitative estimate of drug-likeness (QED) is 0.412. The largest absolute Gasteiger partial charge is 0.473 e. The Labute approximate surface area is 189 Å². The number of pyridine rings is 1. The van der Waals surface area contributed by atoms with Crippen LogP contribution in [0.2, 0.25) is 0 Å². The average molecular weight is 452 g/mol. The zero-order valence-corrected chi connectivity index (χ0v) is 18.5. The van der Waals surface area contributed by atoms with E-state index in [1.54, 1.807) is 17.4 Å². The number of rotatable bonds is 7. The lowest BCUT2D eigenvalue weighted by molar-refractivity contribution is 0.174. The second-order valence-corrected chi connectivity index (χ2v) is 8.73. The molecule has 0 amide bonds. The standard InChI is InChI=1S/C24H22FN3O3S/c1-14(21-12-32-15(2)27-21)26-10-18-7-17-8-22-23(31-13-30-22)9-20(17)28-24(18)29-11-16-4-3-5-19(25)6-16/h3-9,12,14,26H,10-11,13H2,1-2H3/t14-/m1/s1. The summed E-state index contributed by atoms with van der Waals surface area (Å²) in [5, 5.41) is 7.53. The van der Waals surface area contributed by atoms with Crippen LogP contribution < -0.4 is 19.5 Å². The SMILES string of the molecule is Cc1nc([C@@H](C)NCc2cc3cc4c(cc3nc2OCc2cccc(F)c2)OCO4)cs1. The molecule has 0 fully saturated rings. The molecule has 0 saturated heterocycles. The van der Waals surface area contributed by atoms with E-state index in [4.69, 9.17) is 19.2 Å². The maximum atomic E-state index is 13.6. The molecule has 0 saturated carbocycles. The molecule has 1 atom stereocenters. The fourth-order valence-electron chi connectivity index (χ4n) is 3.57. The van der Waals surface area contributed by atoms with Crippen LogP contribution in [0.15, 0.2) is 47.8 Å². The third-order valence-electron chi connectivity index (χ3n) is 5.29. The molecule has 164 valence electrons. The highest BCUT2D eigenvalue weighted by Gasteiger charge is 2.18. The summed E-state index contributed by atoms with van der Waals surface area (Å²) < 4.78 is 30.6. The summed E-state index contributed by atoms with van der Waals surface area (Å²) in [6, 6.07) is 12.3. The smallest absolute Gasteiger partial charge is 0.231 e. The Balaban J connectivity index is 1.43. The normalized spacial score (nSPS) is 13.5. The van der Waals surface area contributed by atoms with Crippen LogP contribution in [0.5, 0.6) is 17.4 Å². The molecule has 0 radical (unpaired) electrons. The molecule has 3 heterocycles. The van der Waals surface area contributed by atoms with E-state index in [0.29, 0.717) is 23.9 Å². The summed E-state index contributed by atoms with van der Waals surface area (Å²) in [7, 11) is 0. The lowest BCUT2D eigenvalue weighted by Crippen LogP contribution is -2.19. The van der Waals surface area contributed by atoms with Gasteiger partial charge in [0.05, 0.1) is 16.2 Å². The molecular weight excluding hydrogens is 429 g/mol. The maximum Gasteiger partial charge on any atom is 0.231 e. The van der Waals surface area contributed by atoms with E-state index in [9.17, 15) is 4.39 Å². The Kier molecular flexibility index (Phi) is 5.63. The van der Waals surface area contributed by atoms with Crippen LogP contribution in [0.3, 0.4) is 0 Å². The van der Waals surface area contributed by atoms with Gasteiger partial charge in [-0.3, -0.25) is 0 Å². The van der Waals surface area contributed by atoms with Gasteiger partial charge in [-0.25, -0.2) is 14.4 Å². The van der Waals surface area contributed by atoms with Crippen LogP contribution in [-0.2, 0) is 13.2 Å². The van der Waals surface area contributed by atoms with Gasteiger partial charge in [0, 0.05) is 35.0 Å². The van der Waals surface area contributed by atoms with E-state index in [1.165, 1.54) is 12.1 Å². The Morgan fingerprint density at radius 1 is 1.16 bits per heavy atom. The summed E-state index contributed by atoms with van der Waals surface area (Å²) in [6.07, 6.45) is 0. The molecule has 1 N–H and O–H groups in total. The molecule has 0 bridgehead atoms. The first kappa shape index (κ1) is 20.7. The molecular formula is C24H22FN3O3S. The highest BCUT2D eigenvalue weighted by Crippen LogP contribution is 2.37. The zero-order valence-electron chi connectivity index (χ0n) is 17.7. The molecule has 1 aliphatic heterocycles. The number of nitrogens with zero attached hydrogens (tertiary/aromatic N) is 2. The lowest BCUT2D eigenvalue weighted by Gasteiger charge is -2.16. The van der Waals surface area contributed by atoms with Gasteiger partial charge >= 0.3 is 0 Å². The average Bonchev–Trinajstić information content (AvgIpc) is 3.42. The van der Waals surface area contributed by atoms with Gasteiger partial charge in [-0.1, -0.05) is 12.1 Å². The fraction of sp³-hybridized carbons (Fsp3) is 0.250. The van der Waals surface area contributed by atoms with Crippen LogP contribution in [0.1, 0.15) is 34.8 Å². The van der Waals surface area contributed by atoms with Crippen molar-refractivity contribution in [3.8, 4) is 17.4 Å². The first-order valence-electron chi connectivity index (χ1n) is 10.3. The number of fused-ring (bicyclic) bond motifs is 2. The van der Waals surface area contributed by atoms with Crippen molar-refractivity contribution in [3.05, 3.63) is 75.5 Å². The molecule has 2 aromatic heterocycles. The Morgan fingerprint density at radius 2 is 2.00 bits per heavy atom. The van der Waals surface area contributed by atoms with Crippen LogP contribution in [0.4, 0.5) is 4.39 Å².